The number of nitrogens with zero attached hydrogens (tertiary/aromatic N) is 2. The molecule has 2 aromatic carbocycles. The highest BCUT2D eigenvalue weighted by Crippen LogP contribution is 2.29. The van der Waals surface area contributed by atoms with Crippen LogP contribution in [-0.2, 0) is 25.8 Å². The lowest BCUT2D eigenvalue weighted by Gasteiger charge is -2.17. The number of hydrogen-bond donors (Lipinski definition) is 3. The minimum absolute atomic E-state index is 0.0396. The van der Waals surface area contributed by atoms with Crippen molar-refractivity contribution in [1.82, 2.24) is 9.55 Å². The molecule has 1 fully saturated rings. The first kappa shape index (κ1) is 32.1. The first-order valence-electron chi connectivity index (χ1n) is 14.2. The quantitative estimate of drug-likeness (QED) is 0.159. The van der Waals surface area contributed by atoms with Gasteiger partial charge < -0.3 is 25.4 Å². The third-order valence-electron chi connectivity index (χ3n) is 7.05. The lowest BCUT2D eigenvalue weighted by molar-refractivity contribution is -0.150. The van der Waals surface area contributed by atoms with Crippen LogP contribution < -0.4 is 11.4 Å². The molecule has 42 heavy (non-hydrogen) atoms. The number of benzene rings is 2. The molecule has 1 aliphatic heterocycles. The molecule has 226 valence electrons. The van der Waals surface area contributed by atoms with Gasteiger partial charge >= 0.3 is 11.7 Å². The fraction of sp³-hybridized carbons (Fsp3) is 0.452. The molecule has 0 bridgehead atoms. The zero-order chi connectivity index (χ0) is 29.7. The van der Waals surface area contributed by atoms with Gasteiger partial charge in [0.05, 0.1) is 0 Å². The van der Waals surface area contributed by atoms with Gasteiger partial charge in [-0.05, 0) is 42.2 Å². The molecule has 0 radical (unpaired) electrons. The molecule has 0 spiro atoms. The minimum atomic E-state index is -1.38. The summed E-state index contributed by atoms with van der Waals surface area (Å²) in [6.45, 7) is -0.223. The molecule has 5 atom stereocenters. The molecule has 5 unspecified atom stereocenters. The number of aromatic nitrogens is 2. The van der Waals surface area contributed by atoms with Gasteiger partial charge in [-0.3, -0.25) is 9.36 Å². The van der Waals surface area contributed by atoms with Gasteiger partial charge in [-0.2, -0.15) is 28.5 Å². The molecule has 1 saturated heterocycles. The Kier molecular flexibility index (Phi) is 12.8. The predicted octanol–water partition coefficient (Wildman–Crippen LogP) is 4.17. The molecule has 0 aliphatic carbocycles. The van der Waals surface area contributed by atoms with E-state index >= 15 is 0 Å². The monoisotopic (exact) mass is 613 g/mol. The van der Waals surface area contributed by atoms with Crippen LogP contribution >= 0.6 is 23.5 Å². The molecule has 2 heterocycles. The zero-order valence-electron chi connectivity index (χ0n) is 23.5. The average molecular weight is 614 g/mol. The number of aliphatic hydroxyl groups excluding tert-OH is 2. The first-order valence-corrected chi connectivity index (χ1v) is 16.4. The Labute approximate surface area is 254 Å². The third kappa shape index (κ3) is 9.88. The van der Waals surface area contributed by atoms with Crippen molar-refractivity contribution in [3.05, 3.63) is 94.5 Å². The second-order valence-corrected chi connectivity index (χ2v) is 12.7. The van der Waals surface area contributed by atoms with Crippen LogP contribution in [-0.4, -0.2) is 61.7 Å². The van der Waals surface area contributed by atoms with E-state index in [9.17, 15) is 19.8 Å². The number of ether oxygens (including phenoxy) is 2. The fourth-order valence-corrected chi connectivity index (χ4v) is 7.09. The van der Waals surface area contributed by atoms with E-state index < -0.39 is 30.2 Å². The van der Waals surface area contributed by atoms with Crippen LogP contribution in [0.2, 0.25) is 0 Å². The summed E-state index contributed by atoms with van der Waals surface area (Å²) < 4.78 is 12.0. The van der Waals surface area contributed by atoms with Crippen molar-refractivity contribution in [3.8, 4) is 0 Å². The smallest absolute Gasteiger partial charge is 0.351 e. The summed E-state index contributed by atoms with van der Waals surface area (Å²) in [6, 6.07) is 22.4. The van der Waals surface area contributed by atoms with Crippen molar-refractivity contribution in [2.24, 2.45) is 0 Å². The maximum Gasteiger partial charge on any atom is 0.351 e. The number of esters is 1. The van der Waals surface area contributed by atoms with Crippen molar-refractivity contribution in [3.63, 3.8) is 0 Å². The number of aliphatic hydroxyl groups is 2. The number of unbranched alkanes of at least 4 members (excludes halogenated alkanes) is 1. The highest BCUT2D eigenvalue weighted by molar-refractivity contribution is 7.99. The fourth-order valence-electron chi connectivity index (χ4n) is 4.68. The second kappa shape index (κ2) is 16.7. The largest absolute Gasteiger partial charge is 0.463 e. The molecule has 0 amide bonds. The molecule has 4 N–H and O–H groups in total. The summed E-state index contributed by atoms with van der Waals surface area (Å²) >= 11 is 3.93. The standard InChI is InChI=1S/C31H39N3O6S2/c32-26-15-17-34(31(38)33-26)30-29(37)28(36)25(40-30)19-39-27(35)14-8-7-13-24(42-21-23-11-5-2-6-12-23)16-18-41-20-22-9-3-1-4-10-22/h1-6,9-12,15,17,24-25,28-30,36-37H,7-8,13-14,16,18-21H2,(H2,32,33,38). The van der Waals surface area contributed by atoms with E-state index in [1.807, 2.05) is 35.7 Å². The van der Waals surface area contributed by atoms with Gasteiger partial charge in [0.1, 0.15) is 30.7 Å². The maximum absolute atomic E-state index is 12.4. The first-order chi connectivity index (χ1) is 20.4. The average Bonchev–Trinajstić information content (AvgIpc) is 3.28. The molecule has 4 rings (SSSR count). The summed E-state index contributed by atoms with van der Waals surface area (Å²) in [5, 5.41) is 21.3. The van der Waals surface area contributed by atoms with E-state index in [1.54, 1.807) is 0 Å². The highest BCUT2D eigenvalue weighted by atomic mass is 32.2. The van der Waals surface area contributed by atoms with Crippen molar-refractivity contribution in [2.45, 2.75) is 73.4 Å². The molecule has 11 heteroatoms. The van der Waals surface area contributed by atoms with Crippen molar-refractivity contribution >= 4 is 35.3 Å². The van der Waals surface area contributed by atoms with Gasteiger partial charge in [0.2, 0.25) is 0 Å². The highest BCUT2D eigenvalue weighted by Gasteiger charge is 2.44. The molecule has 9 nitrogen and oxygen atoms in total. The number of hydrogen-bond acceptors (Lipinski definition) is 10. The molecule has 1 aliphatic rings. The normalized spacial score (nSPS) is 20.8. The van der Waals surface area contributed by atoms with E-state index in [0.717, 1.165) is 41.1 Å². The van der Waals surface area contributed by atoms with E-state index in [2.05, 4.69) is 53.5 Å². The third-order valence-corrected chi connectivity index (χ3v) is 9.56. The second-order valence-electron chi connectivity index (χ2n) is 10.3. The summed E-state index contributed by atoms with van der Waals surface area (Å²) in [5.41, 5.74) is 7.46. The number of anilines is 1. The van der Waals surface area contributed by atoms with Gasteiger partial charge in [0.25, 0.3) is 0 Å². The number of rotatable bonds is 16. The lowest BCUT2D eigenvalue weighted by Crippen LogP contribution is -2.36. The number of thioether (sulfide) groups is 2. The number of nitrogen functional groups attached to an aromatic ring is 1. The molecule has 0 saturated carbocycles. The van der Waals surface area contributed by atoms with E-state index in [4.69, 9.17) is 15.2 Å². The van der Waals surface area contributed by atoms with Crippen LogP contribution in [0.25, 0.3) is 0 Å². The summed E-state index contributed by atoms with van der Waals surface area (Å²) in [4.78, 5) is 28.1. The van der Waals surface area contributed by atoms with E-state index in [0.29, 0.717) is 11.7 Å². The van der Waals surface area contributed by atoms with E-state index in [-0.39, 0.29) is 24.8 Å². The van der Waals surface area contributed by atoms with Crippen molar-refractivity contribution in [1.29, 1.82) is 0 Å². The molecule has 3 aromatic rings. The van der Waals surface area contributed by atoms with Gasteiger partial charge in [-0.1, -0.05) is 67.1 Å². The minimum Gasteiger partial charge on any atom is -0.463 e. The SMILES string of the molecule is Nc1ccn(C2OC(COC(=O)CCCCC(CCSCc3ccccc3)SCc3ccccc3)C(O)C2O)c(=O)n1. The lowest BCUT2D eigenvalue weighted by atomic mass is 10.1. The van der Waals surface area contributed by atoms with Crippen LogP contribution in [0.1, 0.15) is 49.5 Å². The van der Waals surface area contributed by atoms with Crippen LogP contribution in [0.5, 0.6) is 0 Å². The Morgan fingerprint density at radius 3 is 2.36 bits per heavy atom. The molecular weight excluding hydrogens is 574 g/mol. The molecule has 1 aromatic heterocycles. The van der Waals surface area contributed by atoms with Crippen LogP contribution in [0.4, 0.5) is 5.82 Å². The topological polar surface area (TPSA) is 137 Å². The van der Waals surface area contributed by atoms with Crippen molar-refractivity contribution < 1.29 is 24.5 Å². The van der Waals surface area contributed by atoms with Crippen LogP contribution in [0.3, 0.4) is 0 Å². The Morgan fingerprint density at radius 2 is 1.67 bits per heavy atom. The zero-order valence-corrected chi connectivity index (χ0v) is 25.1. The number of nitrogens with two attached hydrogens (primary N) is 1. The van der Waals surface area contributed by atoms with Gasteiger partial charge in [0.15, 0.2) is 6.23 Å². The summed E-state index contributed by atoms with van der Waals surface area (Å²) in [5.74, 6) is 2.71. The van der Waals surface area contributed by atoms with Crippen LogP contribution in [0, 0.1) is 0 Å². The van der Waals surface area contributed by atoms with Crippen molar-refractivity contribution in [2.75, 3.05) is 18.1 Å². The Bertz CT molecular complexity index is 1300. The number of carbonyl (C=O) groups is 1. The Hall–Kier alpha value is -2.83. The summed E-state index contributed by atoms with van der Waals surface area (Å²) in [6.07, 6.45) is 0.493. The van der Waals surface area contributed by atoms with E-state index in [1.165, 1.54) is 23.4 Å². The van der Waals surface area contributed by atoms with Crippen LogP contribution in [0.15, 0.2) is 77.7 Å². The summed E-state index contributed by atoms with van der Waals surface area (Å²) in [7, 11) is 0. The maximum atomic E-state index is 12.4. The Balaban J connectivity index is 1.17. The number of carbonyl (C=O) groups excluding carboxylic acids is 1. The van der Waals surface area contributed by atoms with Gasteiger partial charge in [-0.25, -0.2) is 4.79 Å². The predicted molar refractivity (Wildman–Crippen MR) is 167 cm³/mol. The van der Waals surface area contributed by atoms with Gasteiger partial charge in [0, 0.05) is 29.4 Å². The molecular formula is C31H39N3O6S2. The Morgan fingerprint density at radius 1 is 0.976 bits per heavy atom. The van der Waals surface area contributed by atoms with Gasteiger partial charge in [-0.15, -0.1) is 0 Å².